The lowest BCUT2D eigenvalue weighted by molar-refractivity contribution is -0.157. The Kier molecular flexibility index (Phi) is 5.77. The smallest absolute Gasteiger partial charge is 0.389 e. The van der Waals surface area contributed by atoms with Crippen LogP contribution in [0.3, 0.4) is 0 Å². The summed E-state index contributed by atoms with van der Waals surface area (Å²) in [5.41, 5.74) is 0.325. The van der Waals surface area contributed by atoms with E-state index in [0.29, 0.717) is 5.57 Å². The molecule has 0 unspecified atom stereocenters. The molecule has 0 radical (unpaired) electrons. The molecular weight excluding hydrogens is 225 g/mol. The lowest BCUT2D eigenvalue weighted by Gasteiger charge is -2.06. The number of alkyl halides is 3. The molecule has 0 aromatic heterocycles. The molecule has 0 bridgehead atoms. The molecule has 0 aliphatic rings. The van der Waals surface area contributed by atoms with Crippen LogP contribution in [0.5, 0.6) is 0 Å². The summed E-state index contributed by atoms with van der Waals surface area (Å²) >= 11 is 0. The van der Waals surface area contributed by atoms with Gasteiger partial charge in [0.25, 0.3) is 0 Å². The van der Waals surface area contributed by atoms with Crippen LogP contribution in [-0.4, -0.2) is 24.5 Å². The van der Waals surface area contributed by atoms with Gasteiger partial charge in [0, 0.05) is 6.42 Å². The molecule has 0 heterocycles. The first-order valence-corrected chi connectivity index (χ1v) is 4.63. The Bertz CT molecular complexity index is 282. The van der Waals surface area contributed by atoms with Crippen LogP contribution in [0.2, 0.25) is 0 Å². The maximum absolute atomic E-state index is 11.7. The second-order valence-corrected chi connectivity index (χ2v) is 3.29. The zero-order valence-electron chi connectivity index (χ0n) is 8.89. The topological polar surface area (TPSA) is 43.4 Å². The van der Waals surface area contributed by atoms with Crippen molar-refractivity contribution in [3.05, 3.63) is 12.2 Å². The van der Waals surface area contributed by atoms with E-state index in [1.807, 2.05) is 0 Å². The maximum atomic E-state index is 11.7. The number of rotatable bonds is 6. The van der Waals surface area contributed by atoms with Gasteiger partial charge in [-0.15, -0.1) is 0 Å². The predicted octanol–water partition coefficient (Wildman–Crippen LogP) is 2.41. The zero-order valence-corrected chi connectivity index (χ0v) is 8.89. The van der Waals surface area contributed by atoms with Gasteiger partial charge < -0.3 is 4.74 Å². The molecule has 6 heteroatoms. The minimum absolute atomic E-state index is 0.0485. The van der Waals surface area contributed by atoms with Crippen molar-refractivity contribution in [1.82, 2.24) is 0 Å². The number of ether oxygens (including phenoxy) is 1. The van der Waals surface area contributed by atoms with Crippen LogP contribution in [0, 0.1) is 0 Å². The van der Waals surface area contributed by atoms with Crippen molar-refractivity contribution in [2.45, 2.75) is 32.4 Å². The summed E-state index contributed by atoms with van der Waals surface area (Å²) in [6.07, 6.45) is -6.34. The molecule has 0 aromatic rings. The van der Waals surface area contributed by atoms with Crippen molar-refractivity contribution in [1.29, 1.82) is 0 Å². The molecule has 0 rings (SSSR count). The number of halogens is 3. The van der Waals surface area contributed by atoms with Gasteiger partial charge >= 0.3 is 12.1 Å². The van der Waals surface area contributed by atoms with Gasteiger partial charge in [0.1, 0.15) is 0 Å². The van der Waals surface area contributed by atoms with Gasteiger partial charge in [0.2, 0.25) is 0 Å². The molecule has 0 saturated carbocycles. The molecule has 16 heavy (non-hydrogen) atoms. The predicted molar refractivity (Wildman–Crippen MR) is 50.7 cm³/mol. The summed E-state index contributed by atoms with van der Waals surface area (Å²) in [7, 11) is 0. The monoisotopic (exact) mass is 238 g/mol. The van der Waals surface area contributed by atoms with Crippen molar-refractivity contribution in [2.24, 2.45) is 0 Å². The number of esters is 1. The molecule has 0 aromatic carbocycles. The van der Waals surface area contributed by atoms with Crippen molar-refractivity contribution in [2.75, 3.05) is 6.61 Å². The SMILES string of the molecule is C=C(C)C(=O)CCOC(=O)CCC(F)(F)F. The van der Waals surface area contributed by atoms with Crippen LogP contribution in [0.25, 0.3) is 0 Å². The minimum atomic E-state index is -4.37. The quantitative estimate of drug-likeness (QED) is 0.527. The van der Waals surface area contributed by atoms with E-state index in [4.69, 9.17) is 0 Å². The third-order valence-electron chi connectivity index (χ3n) is 1.68. The molecule has 0 aliphatic carbocycles. The summed E-state index contributed by atoms with van der Waals surface area (Å²) in [5, 5.41) is 0. The summed E-state index contributed by atoms with van der Waals surface area (Å²) < 4.78 is 39.6. The normalized spacial score (nSPS) is 11.0. The summed E-state index contributed by atoms with van der Waals surface area (Å²) in [5.74, 6) is -1.23. The highest BCUT2D eigenvalue weighted by atomic mass is 19.4. The van der Waals surface area contributed by atoms with Crippen LogP contribution in [-0.2, 0) is 14.3 Å². The van der Waals surface area contributed by atoms with E-state index in [-0.39, 0.29) is 18.8 Å². The van der Waals surface area contributed by atoms with E-state index in [1.54, 1.807) is 0 Å². The molecule has 0 fully saturated rings. The van der Waals surface area contributed by atoms with E-state index in [2.05, 4.69) is 11.3 Å². The van der Waals surface area contributed by atoms with Crippen molar-refractivity contribution < 1.29 is 27.5 Å². The van der Waals surface area contributed by atoms with Gasteiger partial charge in [0.05, 0.1) is 19.4 Å². The average molecular weight is 238 g/mol. The van der Waals surface area contributed by atoms with Gasteiger partial charge in [0.15, 0.2) is 5.78 Å². The lowest BCUT2D eigenvalue weighted by atomic mass is 10.2. The first-order chi connectivity index (χ1) is 7.22. The second kappa shape index (κ2) is 6.30. The zero-order chi connectivity index (χ0) is 12.8. The number of ketones is 1. The van der Waals surface area contributed by atoms with Crippen LogP contribution in [0.15, 0.2) is 12.2 Å². The van der Waals surface area contributed by atoms with Crippen LogP contribution in [0.4, 0.5) is 13.2 Å². The van der Waals surface area contributed by atoms with Crippen LogP contribution < -0.4 is 0 Å². The van der Waals surface area contributed by atoms with E-state index in [9.17, 15) is 22.8 Å². The fourth-order valence-electron chi connectivity index (χ4n) is 0.787. The molecule has 0 amide bonds. The number of carbonyl (C=O) groups excluding carboxylic acids is 2. The second-order valence-electron chi connectivity index (χ2n) is 3.29. The third kappa shape index (κ3) is 8.02. The van der Waals surface area contributed by atoms with E-state index in [0.717, 1.165) is 0 Å². The van der Waals surface area contributed by atoms with Crippen LogP contribution >= 0.6 is 0 Å². The maximum Gasteiger partial charge on any atom is 0.389 e. The Morgan fingerprint density at radius 1 is 1.25 bits per heavy atom. The summed E-state index contributed by atoms with van der Waals surface area (Å²) in [4.78, 5) is 21.8. The van der Waals surface area contributed by atoms with E-state index in [1.165, 1.54) is 6.92 Å². The average Bonchev–Trinajstić information content (AvgIpc) is 2.13. The Labute approximate surface area is 91.3 Å². The summed E-state index contributed by atoms with van der Waals surface area (Å²) in [6, 6.07) is 0. The molecule has 0 N–H and O–H groups in total. The van der Waals surface area contributed by atoms with Crippen molar-refractivity contribution >= 4 is 11.8 Å². The van der Waals surface area contributed by atoms with Crippen LogP contribution in [0.1, 0.15) is 26.2 Å². The van der Waals surface area contributed by atoms with Gasteiger partial charge in [-0.1, -0.05) is 6.58 Å². The van der Waals surface area contributed by atoms with E-state index < -0.39 is 25.0 Å². The Hall–Kier alpha value is -1.33. The highest BCUT2D eigenvalue weighted by Crippen LogP contribution is 2.21. The molecule has 0 saturated heterocycles. The number of carbonyl (C=O) groups is 2. The first kappa shape index (κ1) is 14.7. The largest absolute Gasteiger partial charge is 0.465 e. The third-order valence-corrected chi connectivity index (χ3v) is 1.68. The van der Waals surface area contributed by atoms with Gasteiger partial charge in [-0.3, -0.25) is 9.59 Å². The fourth-order valence-corrected chi connectivity index (χ4v) is 0.787. The number of allylic oxidation sites excluding steroid dienone is 1. The molecule has 3 nitrogen and oxygen atoms in total. The Morgan fingerprint density at radius 3 is 2.25 bits per heavy atom. The molecule has 0 atom stereocenters. The van der Waals surface area contributed by atoms with Crippen molar-refractivity contribution in [3.63, 3.8) is 0 Å². The van der Waals surface area contributed by atoms with Crippen molar-refractivity contribution in [3.8, 4) is 0 Å². The highest BCUT2D eigenvalue weighted by Gasteiger charge is 2.28. The lowest BCUT2D eigenvalue weighted by Crippen LogP contribution is -2.14. The first-order valence-electron chi connectivity index (χ1n) is 4.63. The Balaban J connectivity index is 3.67. The molecular formula is C10H13F3O3. The molecule has 0 spiro atoms. The van der Waals surface area contributed by atoms with Gasteiger partial charge in [-0.05, 0) is 12.5 Å². The fraction of sp³-hybridized carbons (Fsp3) is 0.600. The Morgan fingerprint density at radius 2 is 1.81 bits per heavy atom. The number of hydrogen-bond donors (Lipinski definition) is 0. The number of Topliss-reactive ketones (excluding diaryl/α,β-unsaturated/α-hetero) is 1. The number of hydrogen-bond acceptors (Lipinski definition) is 3. The summed E-state index contributed by atoms with van der Waals surface area (Å²) in [6.45, 7) is 4.68. The van der Waals surface area contributed by atoms with Gasteiger partial charge in [-0.25, -0.2) is 0 Å². The standard InChI is InChI=1S/C10H13F3O3/c1-7(2)8(14)4-6-16-9(15)3-5-10(11,12)13/h1,3-6H2,2H3. The highest BCUT2D eigenvalue weighted by molar-refractivity contribution is 5.94. The molecule has 92 valence electrons. The minimum Gasteiger partial charge on any atom is -0.465 e. The van der Waals surface area contributed by atoms with E-state index >= 15 is 0 Å². The van der Waals surface area contributed by atoms with Gasteiger partial charge in [-0.2, -0.15) is 13.2 Å². The molecule has 0 aliphatic heterocycles.